The molecule has 3 nitrogen and oxygen atoms in total. The van der Waals surface area contributed by atoms with E-state index < -0.39 is 0 Å². The molecule has 4 heteroatoms. The predicted octanol–water partition coefficient (Wildman–Crippen LogP) is -0.302. The van der Waals surface area contributed by atoms with Crippen LogP contribution in [0.2, 0.25) is 5.32 Å². The maximum absolute atomic E-state index is 5.67. The summed E-state index contributed by atoms with van der Waals surface area (Å²) in [7, 11) is 0. The van der Waals surface area contributed by atoms with Gasteiger partial charge < -0.3 is 0 Å². The second-order valence-electron chi connectivity index (χ2n) is 2.49. The molecule has 5 N–H and O–H groups in total. The summed E-state index contributed by atoms with van der Waals surface area (Å²) < 4.78 is 1.35. The zero-order chi connectivity index (χ0) is 9.52. The van der Waals surface area contributed by atoms with Gasteiger partial charge in [-0.15, -0.1) is 0 Å². The molecular weight excluding hydrogens is 229 g/mol. The van der Waals surface area contributed by atoms with Crippen LogP contribution in [0.5, 0.6) is 0 Å². The molecule has 1 rings (SSSR count). The molecule has 0 fully saturated rings. The zero-order valence-electron chi connectivity index (χ0n) is 7.23. The average molecular weight is 242 g/mol. The van der Waals surface area contributed by atoms with E-state index in [1.165, 1.54) is 4.46 Å². The van der Waals surface area contributed by atoms with Gasteiger partial charge in [0.1, 0.15) is 0 Å². The third-order valence-corrected chi connectivity index (χ3v) is 3.69. The summed E-state index contributed by atoms with van der Waals surface area (Å²) in [6.45, 7) is 0. The van der Waals surface area contributed by atoms with E-state index in [1.54, 1.807) is 6.20 Å². The molecule has 1 aromatic rings. The molecule has 0 saturated heterocycles. The van der Waals surface area contributed by atoms with Crippen LogP contribution in [0.25, 0.3) is 0 Å². The van der Waals surface area contributed by atoms with Crippen LogP contribution in [0.15, 0.2) is 42.2 Å². The summed E-state index contributed by atoms with van der Waals surface area (Å²) in [5, 5.41) is 0.890. The van der Waals surface area contributed by atoms with Crippen LogP contribution < -0.4 is 21.5 Å². The molecule has 70 valence electrons. The van der Waals surface area contributed by atoms with Gasteiger partial charge in [0.25, 0.3) is 0 Å². The molecule has 0 spiro atoms. The number of allylic oxidation sites excluding steroid dienone is 1. The summed E-state index contributed by atoms with van der Waals surface area (Å²) in [5.41, 5.74) is 8.89. The SMILES string of the molecule is NN/C=C(\N)C[Se]c1ccccc1. The Kier molecular flexibility index (Phi) is 4.40. The number of nitrogens with two attached hydrogens (primary N) is 2. The zero-order valence-corrected chi connectivity index (χ0v) is 8.95. The van der Waals surface area contributed by atoms with Crippen molar-refractivity contribution in [2.45, 2.75) is 5.32 Å². The average Bonchev–Trinajstić information content (AvgIpc) is 2.17. The number of rotatable bonds is 4. The molecule has 0 bridgehead atoms. The van der Waals surface area contributed by atoms with Gasteiger partial charge >= 0.3 is 84.0 Å². The van der Waals surface area contributed by atoms with Crippen LogP contribution >= 0.6 is 0 Å². The number of hydrogen-bond acceptors (Lipinski definition) is 3. The fraction of sp³-hybridized carbons (Fsp3) is 0.111. The molecule has 13 heavy (non-hydrogen) atoms. The monoisotopic (exact) mass is 243 g/mol. The predicted molar refractivity (Wildman–Crippen MR) is 56.2 cm³/mol. The van der Waals surface area contributed by atoms with E-state index in [9.17, 15) is 0 Å². The second kappa shape index (κ2) is 5.65. The molecule has 0 aliphatic rings. The number of hydrogen-bond donors (Lipinski definition) is 3. The van der Waals surface area contributed by atoms with Gasteiger partial charge in [0.15, 0.2) is 0 Å². The van der Waals surface area contributed by atoms with Crippen LogP contribution in [0.1, 0.15) is 0 Å². The van der Waals surface area contributed by atoms with E-state index in [4.69, 9.17) is 11.6 Å². The van der Waals surface area contributed by atoms with Gasteiger partial charge in [-0.2, -0.15) is 0 Å². The summed E-state index contributed by atoms with van der Waals surface area (Å²) >= 11 is 0.401. The van der Waals surface area contributed by atoms with Crippen molar-refractivity contribution in [1.29, 1.82) is 0 Å². The van der Waals surface area contributed by atoms with Crippen molar-refractivity contribution in [3.8, 4) is 0 Å². The van der Waals surface area contributed by atoms with Crippen molar-refractivity contribution in [2.75, 3.05) is 0 Å². The Hall–Kier alpha value is -0.961. The van der Waals surface area contributed by atoms with Gasteiger partial charge in [-0.1, -0.05) is 0 Å². The Balaban J connectivity index is 2.39. The minimum atomic E-state index is 0.401. The fourth-order valence-electron chi connectivity index (χ4n) is 0.832. The summed E-state index contributed by atoms with van der Waals surface area (Å²) in [4.78, 5) is 0. The molecule has 0 unspecified atom stereocenters. The van der Waals surface area contributed by atoms with Crippen LogP contribution in [0, 0.1) is 0 Å². The quantitative estimate of drug-likeness (QED) is 0.386. The molecule has 0 aromatic heterocycles. The van der Waals surface area contributed by atoms with Crippen LogP contribution in [0.3, 0.4) is 0 Å². The fourth-order valence-corrected chi connectivity index (χ4v) is 2.44. The van der Waals surface area contributed by atoms with E-state index in [0.717, 1.165) is 11.0 Å². The number of benzene rings is 1. The number of nitrogens with one attached hydrogen (secondary N) is 1. The molecule has 0 heterocycles. The first-order valence-corrected chi connectivity index (χ1v) is 5.98. The van der Waals surface area contributed by atoms with Gasteiger partial charge in [-0.25, -0.2) is 0 Å². The third-order valence-electron chi connectivity index (χ3n) is 1.42. The summed E-state index contributed by atoms with van der Waals surface area (Å²) in [5.74, 6) is 5.10. The molecule has 0 amide bonds. The number of hydrazine groups is 1. The molecule has 0 saturated carbocycles. The van der Waals surface area contributed by atoms with Crippen molar-refractivity contribution in [2.24, 2.45) is 11.6 Å². The molecule has 0 atom stereocenters. The normalized spacial score (nSPS) is 11.3. The molecular formula is C9H13N3Se. The van der Waals surface area contributed by atoms with Crippen molar-refractivity contribution in [3.63, 3.8) is 0 Å². The van der Waals surface area contributed by atoms with E-state index in [2.05, 4.69) is 17.6 Å². The Morgan fingerprint density at radius 3 is 2.69 bits per heavy atom. The standard InChI is InChI=1S/C9H13N3Se/c10-8(6-12-11)7-13-9-4-2-1-3-5-9/h1-6,12H,7,10-11H2/b8-6-. The van der Waals surface area contributed by atoms with E-state index >= 15 is 0 Å². The topological polar surface area (TPSA) is 64.1 Å². The van der Waals surface area contributed by atoms with Gasteiger partial charge in [-0.3, -0.25) is 0 Å². The van der Waals surface area contributed by atoms with Gasteiger partial charge in [-0.05, 0) is 0 Å². The van der Waals surface area contributed by atoms with Gasteiger partial charge in [0.2, 0.25) is 0 Å². The van der Waals surface area contributed by atoms with E-state index in [0.29, 0.717) is 15.0 Å². The first-order valence-electron chi connectivity index (χ1n) is 3.91. The van der Waals surface area contributed by atoms with Crippen LogP contribution in [0.4, 0.5) is 0 Å². The van der Waals surface area contributed by atoms with Crippen molar-refractivity contribution >= 4 is 19.4 Å². The minimum absolute atomic E-state index is 0.401. The van der Waals surface area contributed by atoms with Crippen LogP contribution in [-0.2, 0) is 0 Å². The second-order valence-corrected chi connectivity index (χ2v) is 4.69. The first kappa shape index (κ1) is 10.1. The Bertz CT molecular complexity index is 271. The molecule has 0 aliphatic carbocycles. The molecule has 1 aromatic carbocycles. The van der Waals surface area contributed by atoms with E-state index in [1.807, 2.05) is 18.2 Å². The first-order chi connectivity index (χ1) is 6.33. The van der Waals surface area contributed by atoms with E-state index in [-0.39, 0.29) is 0 Å². The van der Waals surface area contributed by atoms with Crippen molar-refractivity contribution in [3.05, 3.63) is 42.2 Å². The molecule has 0 radical (unpaired) electrons. The third kappa shape index (κ3) is 3.99. The summed E-state index contributed by atoms with van der Waals surface area (Å²) in [6.07, 6.45) is 1.63. The van der Waals surface area contributed by atoms with Crippen molar-refractivity contribution in [1.82, 2.24) is 5.43 Å². The maximum atomic E-state index is 5.67. The van der Waals surface area contributed by atoms with Crippen LogP contribution in [-0.4, -0.2) is 15.0 Å². The Morgan fingerprint density at radius 1 is 1.38 bits per heavy atom. The molecule has 0 aliphatic heterocycles. The van der Waals surface area contributed by atoms with Gasteiger partial charge in [0.05, 0.1) is 0 Å². The van der Waals surface area contributed by atoms with Crippen molar-refractivity contribution < 1.29 is 0 Å². The Labute approximate surface area is 84.3 Å². The summed E-state index contributed by atoms with van der Waals surface area (Å²) in [6, 6.07) is 10.3. The van der Waals surface area contributed by atoms with Gasteiger partial charge in [0, 0.05) is 0 Å². The Morgan fingerprint density at radius 2 is 2.08 bits per heavy atom.